The molecule has 0 aliphatic carbocycles. The first-order chi connectivity index (χ1) is 8.99. The predicted octanol–water partition coefficient (Wildman–Crippen LogP) is 2.13. The molecule has 1 rings (SSSR count). The minimum Gasteiger partial charge on any atom is -0.484 e. The maximum Gasteiger partial charge on any atom is 0.260 e. The van der Waals surface area contributed by atoms with Crippen LogP contribution in [0, 0.1) is 6.92 Å². The molecule has 19 heavy (non-hydrogen) atoms. The number of benzene rings is 1. The summed E-state index contributed by atoms with van der Waals surface area (Å²) in [6.45, 7) is 6.83. The summed E-state index contributed by atoms with van der Waals surface area (Å²) >= 11 is 0. The van der Waals surface area contributed by atoms with Crippen molar-refractivity contribution in [3.8, 4) is 5.75 Å². The molecular formula is C15H24N2O2. The first kappa shape index (κ1) is 15.5. The molecule has 0 saturated heterocycles. The van der Waals surface area contributed by atoms with E-state index in [2.05, 4.69) is 18.3 Å². The third-order valence-electron chi connectivity index (χ3n) is 3.38. The van der Waals surface area contributed by atoms with E-state index < -0.39 is 0 Å². The molecule has 106 valence electrons. The van der Waals surface area contributed by atoms with Crippen LogP contribution in [0.25, 0.3) is 0 Å². The van der Waals surface area contributed by atoms with Crippen LogP contribution in [0.1, 0.15) is 31.0 Å². The van der Waals surface area contributed by atoms with Crippen molar-refractivity contribution in [1.82, 2.24) is 10.2 Å². The summed E-state index contributed by atoms with van der Waals surface area (Å²) < 4.78 is 5.58. The van der Waals surface area contributed by atoms with Crippen molar-refractivity contribution in [1.29, 1.82) is 0 Å². The van der Waals surface area contributed by atoms with E-state index in [1.807, 2.05) is 33.0 Å². The third-order valence-corrected chi connectivity index (χ3v) is 3.38. The molecule has 0 spiro atoms. The van der Waals surface area contributed by atoms with Crippen LogP contribution < -0.4 is 10.1 Å². The van der Waals surface area contributed by atoms with Gasteiger partial charge in [0.05, 0.1) is 0 Å². The fourth-order valence-corrected chi connectivity index (χ4v) is 1.70. The summed E-state index contributed by atoms with van der Waals surface area (Å²) in [5.74, 6) is 0.763. The van der Waals surface area contributed by atoms with Crippen molar-refractivity contribution in [2.24, 2.45) is 0 Å². The van der Waals surface area contributed by atoms with Crippen LogP contribution in [0.5, 0.6) is 5.75 Å². The molecule has 0 fully saturated rings. The van der Waals surface area contributed by atoms with Gasteiger partial charge in [0.25, 0.3) is 5.91 Å². The molecule has 0 heterocycles. The standard InChI is InChI=1S/C15H24N2O2/c1-6-17(5)15(18)10-19-14-8-7-13(9-11(14)2)12(3)16-4/h7-9,12,16H,6,10H2,1-5H3. The molecule has 1 atom stereocenters. The maximum absolute atomic E-state index is 11.7. The number of aryl methyl sites for hydroxylation is 1. The van der Waals surface area contributed by atoms with Gasteiger partial charge in [0.1, 0.15) is 5.75 Å². The van der Waals surface area contributed by atoms with E-state index in [1.165, 1.54) is 5.56 Å². The van der Waals surface area contributed by atoms with E-state index in [9.17, 15) is 4.79 Å². The number of nitrogens with zero attached hydrogens (tertiary/aromatic N) is 1. The van der Waals surface area contributed by atoms with Gasteiger partial charge in [-0.3, -0.25) is 4.79 Å². The number of carbonyl (C=O) groups is 1. The van der Waals surface area contributed by atoms with Gasteiger partial charge in [-0.05, 0) is 45.0 Å². The molecule has 0 radical (unpaired) electrons. The van der Waals surface area contributed by atoms with Crippen LogP contribution in [-0.2, 0) is 4.79 Å². The average Bonchev–Trinajstić information content (AvgIpc) is 2.43. The topological polar surface area (TPSA) is 41.6 Å². The quantitative estimate of drug-likeness (QED) is 0.856. The molecule has 1 amide bonds. The number of likely N-dealkylation sites (N-methyl/N-ethyl adjacent to an activating group) is 1. The van der Waals surface area contributed by atoms with E-state index in [4.69, 9.17) is 4.74 Å². The maximum atomic E-state index is 11.7. The number of hydrogen-bond donors (Lipinski definition) is 1. The Morgan fingerprint density at radius 1 is 1.47 bits per heavy atom. The fraction of sp³-hybridized carbons (Fsp3) is 0.533. The molecule has 4 nitrogen and oxygen atoms in total. The summed E-state index contributed by atoms with van der Waals surface area (Å²) in [5, 5.41) is 3.20. The van der Waals surface area contributed by atoms with Gasteiger partial charge in [0.15, 0.2) is 6.61 Å². The zero-order chi connectivity index (χ0) is 14.4. The highest BCUT2D eigenvalue weighted by atomic mass is 16.5. The highest BCUT2D eigenvalue weighted by molar-refractivity contribution is 5.77. The first-order valence-electron chi connectivity index (χ1n) is 6.64. The number of amides is 1. The second-order valence-electron chi connectivity index (χ2n) is 4.73. The van der Waals surface area contributed by atoms with Crippen LogP contribution in [0.2, 0.25) is 0 Å². The predicted molar refractivity (Wildman–Crippen MR) is 77.5 cm³/mol. The molecular weight excluding hydrogens is 240 g/mol. The summed E-state index contributed by atoms with van der Waals surface area (Å²) in [6.07, 6.45) is 0. The highest BCUT2D eigenvalue weighted by Crippen LogP contribution is 2.22. The number of ether oxygens (including phenoxy) is 1. The van der Waals surface area contributed by atoms with Crippen molar-refractivity contribution in [3.05, 3.63) is 29.3 Å². The zero-order valence-corrected chi connectivity index (χ0v) is 12.5. The van der Waals surface area contributed by atoms with Gasteiger partial charge in [-0.2, -0.15) is 0 Å². The Morgan fingerprint density at radius 2 is 2.16 bits per heavy atom. The molecule has 1 aromatic carbocycles. The second-order valence-corrected chi connectivity index (χ2v) is 4.73. The van der Waals surface area contributed by atoms with Crippen LogP contribution in [0.3, 0.4) is 0 Å². The van der Waals surface area contributed by atoms with Crippen LogP contribution in [-0.4, -0.2) is 38.1 Å². The van der Waals surface area contributed by atoms with Gasteiger partial charge in [0.2, 0.25) is 0 Å². The Morgan fingerprint density at radius 3 is 2.68 bits per heavy atom. The summed E-state index contributed by atoms with van der Waals surface area (Å²) in [5.41, 5.74) is 2.26. The molecule has 0 saturated carbocycles. The molecule has 0 aromatic heterocycles. The van der Waals surface area contributed by atoms with Crippen molar-refractivity contribution < 1.29 is 9.53 Å². The van der Waals surface area contributed by atoms with Crippen molar-refractivity contribution in [2.75, 3.05) is 27.2 Å². The van der Waals surface area contributed by atoms with Gasteiger partial charge in [-0.25, -0.2) is 0 Å². The molecule has 0 aliphatic rings. The van der Waals surface area contributed by atoms with Gasteiger partial charge < -0.3 is 15.0 Å². The lowest BCUT2D eigenvalue weighted by Crippen LogP contribution is -2.31. The second kappa shape index (κ2) is 7.14. The summed E-state index contributed by atoms with van der Waals surface area (Å²) in [4.78, 5) is 13.3. The molecule has 1 aromatic rings. The SMILES string of the molecule is CCN(C)C(=O)COc1ccc(C(C)NC)cc1C. The molecule has 1 N–H and O–H groups in total. The number of rotatable bonds is 6. The highest BCUT2D eigenvalue weighted by Gasteiger charge is 2.10. The normalized spacial score (nSPS) is 12.1. The van der Waals surface area contributed by atoms with Gasteiger partial charge in [-0.15, -0.1) is 0 Å². The summed E-state index contributed by atoms with van der Waals surface area (Å²) in [7, 11) is 3.71. The van der Waals surface area contributed by atoms with Gasteiger partial charge in [0, 0.05) is 19.6 Å². The summed E-state index contributed by atoms with van der Waals surface area (Å²) in [6, 6.07) is 6.35. The third kappa shape index (κ3) is 4.24. The van der Waals surface area contributed by atoms with E-state index in [0.29, 0.717) is 12.6 Å². The van der Waals surface area contributed by atoms with Gasteiger partial charge >= 0.3 is 0 Å². The average molecular weight is 264 g/mol. The number of hydrogen-bond acceptors (Lipinski definition) is 3. The van der Waals surface area contributed by atoms with E-state index in [1.54, 1.807) is 11.9 Å². The van der Waals surface area contributed by atoms with E-state index in [0.717, 1.165) is 11.3 Å². The van der Waals surface area contributed by atoms with Crippen LogP contribution in [0.15, 0.2) is 18.2 Å². The van der Waals surface area contributed by atoms with Gasteiger partial charge in [-0.1, -0.05) is 12.1 Å². The lowest BCUT2D eigenvalue weighted by molar-refractivity contribution is -0.131. The largest absolute Gasteiger partial charge is 0.484 e. The Kier molecular flexibility index (Phi) is 5.83. The first-order valence-corrected chi connectivity index (χ1v) is 6.64. The number of carbonyl (C=O) groups excluding carboxylic acids is 1. The lowest BCUT2D eigenvalue weighted by Gasteiger charge is -2.17. The Labute approximate surface area is 115 Å². The molecule has 0 aliphatic heterocycles. The Hall–Kier alpha value is -1.55. The minimum atomic E-state index is -0.00503. The van der Waals surface area contributed by atoms with Crippen molar-refractivity contribution >= 4 is 5.91 Å². The Balaban J connectivity index is 2.68. The lowest BCUT2D eigenvalue weighted by atomic mass is 10.1. The van der Waals surface area contributed by atoms with E-state index >= 15 is 0 Å². The van der Waals surface area contributed by atoms with Crippen LogP contribution >= 0.6 is 0 Å². The zero-order valence-electron chi connectivity index (χ0n) is 12.5. The Bertz CT molecular complexity index is 432. The van der Waals surface area contributed by atoms with Crippen molar-refractivity contribution in [2.45, 2.75) is 26.8 Å². The fourth-order valence-electron chi connectivity index (χ4n) is 1.70. The molecule has 1 unspecified atom stereocenters. The monoisotopic (exact) mass is 264 g/mol. The molecule has 4 heteroatoms. The van der Waals surface area contributed by atoms with Crippen LogP contribution in [0.4, 0.5) is 0 Å². The number of nitrogens with one attached hydrogen (secondary N) is 1. The van der Waals surface area contributed by atoms with E-state index in [-0.39, 0.29) is 12.5 Å². The van der Waals surface area contributed by atoms with Crippen molar-refractivity contribution in [3.63, 3.8) is 0 Å². The smallest absolute Gasteiger partial charge is 0.260 e. The molecule has 0 bridgehead atoms. The minimum absolute atomic E-state index is 0.00503.